The first-order valence-corrected chi connectivity index (χ1v) is 7.67. The molecule has 1 aromatic carbocycles. The number of guanidine groups is 1. The normalized spacial score (nSPS) is 10.9. The first-order chi connectivity index (χ1) is 12.5. The molecule has 0 amide bonds. The molecule has 0 radical (unpaired) electrons. The van der Waals surface area contributed by atoms with Crippen LogP contribution in [0.15, 0.2) is 41.5 Å². The molecule has 1 aromatic heterocycles. The number of nitrogens with zero attached hydrogens (tertiary/aromatic N) is 2. The molecule has 0 aliphatic carbocycles. The van der Waals surface area contributed by atoms with Gasteiger partial charge in [0.2, 0.25) is 5.88 Å². The maximum atomic E-state index is 12.3. The lowest BCUT2D eigenvalue weighted by atomic mass is 10.2. The first-order valence-electron chi connectivity index (χ1n) is 7.67. The van der Waals surface area contributed by atoms with E-state index in [2.05, 4.69) is 15.3 Å². The number of hydrogen-bond donors (Lipinski definition) is 2. The summed E-state index contributed by atoms with van der Waals surface area (Å²) in [7, 11) is 3.07. The number of aromatic nitrogens is 1. The first kappa shape index (κ1) is 22.7. The minimum Gasteiger partial charge on any atom is -0.493 e. The zero-order valence-electron chi connectivity index (χ0n) is 14.8. The van der Waals surface area contributed by atoms with E-state index < -0.39 is 13.0 Å². The van der Waals surface area contributed by atoms with Gasteiger partial charge < -0.3 is 25.3 Å². The number of hydrogen-bond acceptors (Lipinski definition) is 5. The van der Waals surface area contributed by atoms with E-state index in [-0.39, 0.29) is 42.4 Å². The van der Waals surface area contributed by atoms with Gasteiger partial charge in [-0.3, -0.25) is 0 Å². The second-order valence-corrected chi connectivity index (χ2v) is 5.07. The zero-order chi connectivity index (χ0) is 18.9. The summed E-state index contributed by atoms with van der Waals surface area (Å²) in [6, 6.07) is 8.54. The van der Waals surface area contributed by atoms with Gasteiger partial charge in [-0.2, -0.15) is 0 Å². The second kappa shape index (κ2) is 11.4. The number of pyridine rings is 1. The molecule has 1 heterocycles. The van der Waals surface area contributed by atoms with Crippen LogP contribution in [0.25, 0.3) is 0 Å². The minimum atomic E-state index is -2.58. The van der Waals surface area contributed by atoms with Crippen molar-refractivity contribution >= 4 is 35.6 Å². The monoisotopic (exact) mass is 494 g/mol. The van der Waals surface area contributed by atoms with Crippen LogP contribution in [-0.2, 0) is 6.54 Å². The third kappa shape index (κ3) is 7.04. The van der Waals surface area contributed by atoms with Gasteiger partial charge in [0.25, 0.3) is 6.43 Å². The molecular formula is C17H21F2IN4O3. The van der Waals surface area contributed by atoms with Crippen LogP contribution in [0.1, 0.15) is 5.56 Å². The van der Waals surface area contributed by atoms with Crippen molar-refractivity contribution in [3.05, 3.63) is 42.1 Å². The molecule has 0 fully saturated rings. The highest BCUT2D eigenvalue weighted by atomic mass is 127. The minimum absolute atomic E-state index is 0. The predicted molar refractivity (Wildman–Crippen MR) is 110 cm³/mol. The third-order valence-electron chi connectivity index (χ3n) is 3.27. The largest absolute Gasteiger partial charge is 0.493 e. The van der Waals surface area contributed by atoms with Gasteiger partial charge in [-0.25, -0.2) is 18.8 Å². The fourth-order valence-corrected chi connectivity index (χ4v) is 2.09. The summed E-state index contributed by atoms with van der Waals surface area (Å²) in [5.41, 5.74) is 7.08. The molecule has 0 atom stereocenters. The van der Waals surface area contributed by atoms with E-state index in [0.29, 0.717) is 22.7 Å². The Morgan fingerprint density at radius 1 is 1.22 bits per heavy atom. The van der Waals surface area contributed by atoms with Crippen LogP contribution in [0.3, 0.4) is 0 Å². The maximum absolute atomic E-state index is 12.3. The van der Waals surface area contributed by atoms with E-state index in [0.717, 1.165) is 0 Å². The molecule has 2 aromatic rings. The number of rotatable bonds is 8. The van der Waals surface area contributed by atoms with E-state index in [9.17, 15) is 8.78 Å². The van der Waals surface area contributed by atoms with Crippen LogP contribution in [-0.4, -0.2) is 38.2 Å². The van der Waals surface area contributed by atoms with Crippen LogP contribution in [0, 0.1) is 0 Å². The van der Waals surface area contributed by atoms with Gasteiger partial charge in [-0.1, -0.05) is 6.07 Å². The van der Waals surface area contributed by atoms with Gasteiger partial charge >= 0.3 is 0 Å². The SMILES string of the molecule is COc1ccc(NC(N)=NCc2cccnc2OCC(F)F)cc1OC.I. The Morgan fingerprint density at radius 2 is 1.96 bits per heavy atom. The summed E-state index contributed by atoms with van der Waals surface area (Å²) in [5, 5.41) is 2.92. The van der Waals surface area contributed by atoms with E-state index in [1.807, 2.05) is 0 Å². The molecule has 0 unspecified atom stereocenters. The topological polar surface area (TPSA) is 91.0 Å². The Bertz CT molecular complexity index is 763. The van der Waals surface area contributed by atoms with Crippen LogP contribution in [0.4, 0.5) is 14.5 Å². The van der Waals surface area contributed by atoms with Crippen LogP contribution < -0.4 is 25.3 Å². The molecule has 27 heavy (non-hydrogen) atoms. The summed E-state index contributed by atoms with van der Waals surface area (Å²) < 4.78 is 40.0. The number of aliphatic imine (C=N–C) groups is 1. The number of benzene rings is 1. The van der Waals surface area contributed by atoms with Crippen LogP contribution in [0.5, 0.6) is 17.4 Å². The Labute approximate surface area is 172 Å². The van der Waals surface area contributed by atoms with Gasteiger partial charge in [0.15, 0.2) is 24.1 Å². The van der Waals surface area contributed by atoms with Gasteiger partial charge in [-0.05, 0) is 18.2 Å². The van der Waals surface area contributed by atoms with Crippen LogP contribution in [0.2, 0.25) is 0 Å². The Balaban J connectivity index is 0.00000364. The zero-order valence-corrected chi connectivity index (χ0v) is 17.1. The molecular weight excluding hydrogens is 473 g/mol. The number of ether oxygens (including phenoxy) is 3. The van der Waals surface area contributed by atoms with Crippen molar-refractivity contribution in [2.75, 3.05) is 26.1 Å². The fourth-order valence-electron chi connectivity index (χ4n) is 2.09. The summed E-state index contributed by atoms with van der Waals surface area (Å²) in [4.78, 5) is 8.12. The molecule has 0 aliphatic heterocycles. The molecule has 0 aliphatic rings. The Kier molecular flexibility index (Phi) is 9.54. The van der Waals surface area contributed by atoms with Gasteiger partial charge in [-0.15, -0.1) is 24.0 Å². The fraction of sp³-hybridized carbons (Fsp3) is 0.294. The standard InChI is InChI=1S/C17H20F2N4O3.HI/c1-24-13-6-5-12(8-14(13)25-2)23-17(20)22-9-11-4-3-7-21-16(11)26-10-15(18)19;/h3-8,15H,9-10H2,1-2H3,(H3,20,22,23);1H. The summed E-state index contributed by atoms with van der Waals surface area (Å²) >= 11 is 0. The van der Waals surface area contributed by atoms with E-state index in [1.54, 1.807) is 37.4 Å². The van der Waals surface area contributed by atoms with E-state index in [1.165, 1.54) is 13.3 Å². The van der Waals surface area contributed by atoms with Gasteiger partial charge in [0, 0.05) is 23.5 Å². The smallest absolute Gasteiger partial charge is 0.272 e. The van der Waals surface area contributed by atoms with Crippen LogP contribution >= 0.6 is 24.0 Å². The molecule has 0 bridgehead atoms. The number of nitrogens with one attached hydrogen (secondary N) is 1. The van der Waals surface area contributed by atoms with E-state index in [4.69, 9.17) is 19.9 Å². The van der Waals surface area contributed by atoms with Crippen molar-refractivity contribution in [2.24, 2.45) is 10.7 Å². The summed E-state index contributed by atoms with van der Waals surface area (Å²) in [6.07, 6.45) is -1.12. The number of halogens is 3. The van der Waals surface area contributed by atoms with Gasteiger partial charge in [0.05, 0.1) is 20.8 Å². The molecule has 0 saturated carbocycles. The highest BCUT2D eigenvalue weighted by Crippen LogP contribution is 2.29. The number of anilines is 1. The molecule has 7 nitrogen and oxygen atoms in total. The summed E-state index contributed by atoms with van der Waals surface area (Å²) in [5.74, 6) is 1.38. The van der Waals surface area contributed by atoms with Crippen molar-refractivity contribution in [3.63, 3.8) is 0 Å². The Hall–Kier alpha value is -2.37. The molecule has 10 heteroatoms. The highest BCUT2D eigenvalue weighted by Gasteiger charge is 2.09. The van der Waals surface area contributed by atoms with Gasteiger partial charge in [0.1, 0.15) is 0 Å². The average Bonchev–Trinajstić information content (AvgIpc) is 2.65. The molecule has 148 valence electrons. The molecule has 0 saturated heterocycles. The second-order valence-electron chi connectivity index (χ2n) is 5.07. The molecule has 2 rings (SSSR count). The quantitative estimate of drug-likeness (QED) is 0.333. The summed E-state index contributed by atoms with van der Waals surface area (Å²) in [6.45, 7) is -0.606. The lowest BCUT2D eigenvalue weighted by Crippen LogP contribution is -2.22. The number of methoxy groups -OCH3 is 2. The number of nitrogens with two attached hydrogens (primary N) is 1. The lowest BCUT2D eigenvalue weighted by Gasteiger charge is -2.11. The van der Waals surface area contributed by atoms with Crippen molar-refractivity contribution in [1.29, 1.82) is 0 Å². The number of alkyl halides is 2. The lowest BCUT2D eigenvalue weighted by molar-refractivity contribution is 0.0791. The van der Waals surface area contributed by atoms with Crippen molar-refractivity contribution < 1.29 is 23.0 Å². The average molecular weight is 494 g/mol. The highest BCUT2D eigenvalue weighted by molar-refractivity contribution is 14.0. The van der Waals surface area contributed by atoms with Crippen molar-refractivity contribution in [2.45, 2.75) is 13.0 Å². The molecule has 0 spiro atoms. The Morgan fingerprint density at radius 3 is 2.63 bits per heavy atom. The van der Waals surface area contributed by atoms with Crippen molar-refractivity contribution in [1.82, 2.24) is 4.98 Å². The predicted octanol–water partition coefficient (Wildman–Crippen LogP) is 3.29. The van der Waals surface area contributed by atoms with Crippen molar-refractivity contribution in [3.8, 4) is 17.4 Å². The maximum Gasteiger partial charge on any atom is 0.272 e. The third-order valence-corrected chi connectivity index (χ3v) is 3.27. The molecule has 3 N–H and O–H groups in total. The van der Waals surface area contributed by atoms with E-state index >= 15 is 0 Å².